The summed E-state index contributed by atoms with van der Waals surface area (Å²) in [6.45, 7) is 7.70. The maximum atomic E-state index is 13.7. The molecule has 1 N–H and O–H groups in total. The molecule has 2 heterocycles. The van der Waals surface area contributed by atoms with Crippen molar-refractivity contribution in [1.82, 2.24) is 14.5 Å². The largest absolute Gasteiger partial charge is 0.496 e. The van der Waals surface area contributed by atoms with Crippen LogP contribution in [0.25, 0.3) is 5.69 Å². The molecule has 1 fully saturated rings. The number of imidazole rings is 1. The quantitative estimate of drug-likeness (QED) is 0.596. The summed E-state index contributed by atoms with van der Waals surface area (Å²) in [5.74, 6) is 0.295. The lowest BCUT2D eigenvalue weighted by atomic mass is 9.80. The van der Waals surface area contributed by atoms with Gasteiger partial charge in [-0.2, -0.15) is 0 Å². The van der Waals surface area contributed by atoms with Gasteiger partial charge in [0.25, 0.3) is 5.91 Å². The number of hydrogen-bond acceptors (Lipinski definition) is 5. The molecule has 0 bridgehead atoms. The topological polar surface area (TPSA) is 76.8 Å². The Kier molecular flexibility index (Phi) is 6.72. The molecule has 1 aliphatic heterocycles. The van der Waals surface area contributed by atoms with Crippen molar-refractivity contribution in [1.29, 1.82) is 0 Å². The van der Waals surface area contributed by atoms with E-state index in [1.54, 1.807) is 41.8 Å². The lowest BCUT2D eigenvalue weighted by Crippen LogP contribution is -2.42. The van der Waals surface area contributed by atoms with Gasteiger partial charge in [0.15, 0.2) is 0 Å². The molecule has 1 atom stereocenters. The van der Waals surface area contributed by atoms with Crippen molar-refractivity contribution < 1.29 is 23.8 Å². The molecular formula is C26H30FN3O4. The fourth-order valence-corrected chi connectivity index (χ4v) is 4.30. The zero-order chi connectivity index (χ0) is 24.5. The van der Waals surface area contributed by atoms with Crippen molar-refractivity contribution >= 4 is 5.91 Å². The molecule has 0 spiro atoms. The summed E-state index contributed by atoms with van der Waals surface area (Å²) in [6.07, 6.45) is 1.03. The predicted octanol–water partition coefficient (Wildman–Crippen LogP) is 3.87. The first kappa shape index (κ1) is 23.9. The Morgan fingerprint density at radius 1 is 1.18 bits per heavy atom. The van der Waals surface area contributed by atoms with Crippen LogP contribution in [-0.4, -0.2) is 58.9 Å². The van der Waals surface area contributed by atoms with E-state index in [1.807, 2.05) is 32.0 Å². The van der Waals surface area contributed by atoms with E-state index in [0.29, 0.717) is 43.3 Å². The highest BCUT2D eigenvalue weighted by molar-refractivity contribution is 5.92. The van der Waals surface area contributed by atoms with Crippen LogP contribution in [0.1, 0.15) is 54.3 Å². The predicted molar refractivity (Wildman–Crippen MR) is 126 cm³/mol. The number of carbonyl (C=O) groups is 1. The molecular weight excluding hydrogens is 437 g/mol. The van der Waals surface area contributed by atoms with Crippen molar-refractivity contribution in [2.75, 3.05) is 33.4 Å². The van der Waals surface area contributed by atoms with E-state index < -0.39 is 11.5 Å². The van der Waals surface area contributed by atoms with Crippen molar-refractivity contribution in [3.05, 3.63) is 77.1 Å². The molecule has 7 nitrogen and oxygen atoms in total. The van der Waals surface area contributed by atoms with Crippen LogP contribution in [0.4, 0.5) is 4.39 Å². The summed E-state index contributed by atoms with van der Waals surface area (Å²) in [4.78, 5) is 19.7. The minimum Gasteiger partial charge on any atom is -0.496 e. The van der Waals surface area contributed by atoms with Crippen molar-refractivity contribution in [3.8, 4) is 11.4 Å². The monoisotopic (exact) mass is 467 g/mol. The highest BCUT2D eigenvalue weighted by atomic mass is 19.1. The van der Waals surface area contributed by atoms with Gasteiger partial charge in [-0.1, -0.05) is 26.0 Å². The number of aromatic nitrogens is 2. The van der Waals surface area contributed by atoms with Crippen LogP contribution in [0.3, 0.4) is 0 Å². The molecule has 0 radical (unpaired) electrons. The number of morpholine rings is 1. The van der Waals surface area contributed by atoms with Gasteiger partial charge in [-0.3, -0.25) is 9.36 Å². The number of hydrogen-bond donors (Lipinski definition) is 1. The van der Waals surface area contributed by atoms with Crippen LogP contribution in [0.15, 0.2) is 48.7 Å². The fourth-order valence-electron chi connectivity index (χ4n) is 4.30. The van der Waals surface area contributed by atoms with Crippen LogP contribution in [-0.2, 0) is 10.2 Å². The lowest BCUT2D eigenvalue weighted by molar-refractivity contribution is 0.0293. The Morgan fingerprint density at radius 3 is 2.47 bits per heavy atom. The van der Waals surface area contributed by atoms with Crippen LogP contribution in [0, 0.1) is 5.82 Å². The first-order chi connectivity index (χ1) is 16.2. The molecule has 4 rings (SSSR count). The van der Waals surface area contributed by atoms with Gasteiger partial charge in [-0.15, -0.1) is 0 Å². The third-order valence-electron chi connectivity index (χ3n) is 6.38. The Morgan fingerprint density at radius 2 is 1.85 bits per heavy atom. The van der Waals surface area contributed by atoms with Gasteiger partial charge in [-0.25, -0.2) is 9.37 Å². The number of methoxy groups -OCH3 is 1. The van der Waals surface area contributed by atoms with E-state index in [9.17, 15) is 14.3 Å². The molecule has 1 saturated heterocycles. The second-order valence-corrected chi connectivity index (χ2v) is 8.94. The Hall–Kier alpha value is -3.23. The third kappa shape index (κ3) is 4.43. The van der Waals surface area contributed by atoms with Crippen molar-refractivity contribution in [3.63, 3.8) is 0 Å². The summed E-state index contributed by atoms with van der Waals surface area (Å²) in [6, 6.07) is 11.7. The van der Waals surface area contributed by atoms with Crippen LogP contribution in [0.2, 0.25) is 0 Å². The summed E-state index contributed by atoms with van der Waals surface area (Å²) in [5, 5.41) is 10.1. The summed E-state index contributed by atoms with van der Waals surface area (Å²) < 4.78 is 26.4. The minimum atomic E-state index is -0.672. The number of aliphatic hydroxyl groups excluding tert-OH is 1. The Bertz CT molecular complexity index is 1170. The molecule has 8 heteroatoms. The molecule has 2 aromatic carbocycles. The molecule has 1 amide bonds. The lowest BCUT2D eigenvalue weighted by Gasteiger charge is -2.30. The zero-order valence-corrected chi connectivity index (χ0v) is 19.9. The average molecular weight is 468 g/mol. The Balaban J connectivity index is 1.84. The van der Waals surface area contributed by atoms with E-state index in [0.717, 1.165) is 11.3 Å². The van der Waals surface area contributed by atoms with Gasteiger partial charge in [0.2, 0.25) is 5.82 Å². The smallest absolute Gasteiger partial charge is 0.290 e. The van der Waals surface area contributed by atoms with E-state index in [2.05, 4.69) is 4.98 Å². The molecule has 1 aromatic heterocycles. The number of benzene rings is 2. The maximum Gasteiger partial charge on any atom is 0.290 e. The number of ether oxygens (including phenoxy) is 2. The highest BCUT2D eigenvalue weighted by Gasteiger charge is 2.33. The Labute approximate surface area is 198 Å². The number of carbonyl (C=O) groups excluding carboxylic acids is 1. The van der Waals surface area contributed by atoms with E-state index >= 15 is 0 Å². The minimum absolute atomic E-state index is 0.197. The molecule has 3 aromatic rings. The van der Waals surface area contributed by atoms with E-state index in [1.165, 1.54) is 12.1 Å². The second-order valence-electron chi connectivity index (χ2n) is 8.94. The van der Waals surface area contributed by atoms with E-state index in [-0.39, 0.29) is 17.5 Å². The first-order valence-electron chi connectivity index (χ1n) is 11.3. The van der Waals surface area contributed by atoms with Crippen LogP contribution < -0.4 is 4.74 Å². The summed E-state index contributed by atoms with van der Waals surface area (Å²) >= 11 is 0. The maximum absolute atomic E-state index is 13.7. The first-order valence-corrected chi connectivity index (χ1v) is 11.3. The summed E-state index contributed by atoms with van der Waals surface area (Å²) in [5.41, 5.74) is 2.42. The molecule has 34 heavy (non-hydrogen) atoms. The number of nitrogens with zero attached hydrogens (tertiary/aromatic N) is 3. The number of aliphatic hydroxyl groups is 1. The fraction of sp³-hybridized carbons (Fsp3) is 0.385. The van der Waals surface area contributed by atoms with Crippen LogP contribution >= 0.6 is 0 Å². The summed E-state index contributed by atoms with van der Waals surface area (Å²) in [7, 11) is 1.57. The van der Waals surface area contributed by atoms with Gasteiger partial charge in [0.1, 0.15) is 11.6 Å². The molecule has 0 aliphatic carbocycles. The van der Waals surface area contributed by atoms with Gasteiger partial charge in [0, 0.05) is 29.8 Å². The standard InChI is InChI=1S/C26H30FN3O4/c1-17(31)21-10-5-18(15-22(21)33-4)26(2,3)23-16-28-24(25(32)29-11-13-34-14-12-29)30(23)20-8-6-19(27)7-9-20/h5-10,15-17,31H,11-14H2,1-4H3. The zero-order valence-electron chi connectivity index (χ0n) is 19.9. The average Bonchev–Trinajstić information content (AvgIpc) is 3.30. The molecule has 180 valence electrons. The highest BCUT2D eigenvalue weighted by Crippen LogP contribution is 2.37. The number of halogens is 1. The number of amides is 1. The molecule has 1 unspecified atom stereocenters. The van der Waals surface area contributed by atoms with Gasteiger partial charge >= 0.3 is 0 Å². The van der Waals surface area contributed by atoms with E-state index in [4.69, 9.17) is 9.47 Å². The van der Waals surface area contributed by atoms with Crippen molar-refractivity contribution in [2.24, 2.45) is 0 Å². The van der Waals surface area contributed by atoms with Crippen molar-refractivity contribution in [2.45, 2.75) is 32.3 Å². The molecule has 1 aliphatic rings. The SMILES string of the molecule is COc1cc(C(C)(C)c2cnc(C(=O)N3CCOCC3)n2-c2ccc(F)cc2)ccc1C(C)O. The normalized spacial score (nSPS) is 15.3. The van der Waals surface area contributed by atoms with Gasteiger partial charge in [0.05, 0.1) is 38.3 Å². The van der Waals surface area contributed by atoms with Gasteiger partial charge in [-0.05, 0) is 42.8 Å². The number of rotatable bonds is 6. The third-order valence-corrected chi connectivity index (χ3v) is 6.38. The molecule has 0 saturated carbocycles. The second kappa shape index (κ2) is 9.56. The van der Waals surface area contributed by atoms with Crippen LogP contribution in [0.5, 0.6) is 5.75 Å². The van der Waals surface area contributed by atoms with Gasteiger partial charge < -0.3 is 19.5 Å².